The Hall–Kier alpha value is -1.85. The Morgan fingerprint density at radius 2 is 0.500 bits per heavy atom. The fourth-order valence-corrected chi connectivity index (χ4v) is 9.03. The van der Waals surface area contributed by atoms with Crippen molar-refractivity contribution in [1.29, 1.82) is 0 Å². The Labute approximate surface area is 411 Å². The van der Waals surface area contributed by atoms with Crippen LogP contribution >= 0.6 is 0 Å². The minimum Gasteiger partial charge on any atom is -0.462 e. The highest BCUT2D eigenvalue weighted by atomic mass is 16.6. The van der Waals surface area contributed by atoms with Crippen LogP contribution in [0.3, 0.4) is 0 Å². The molecule has 6 nitrogen and oxygen atoms in total. The summed E-state index contributed by atoms with van der Waals surface area (Å²) in [7, 11) is 0. The van der Waals surface area contributed by atoms with Gasteiger partial charge in [-0.1, -0.05) is 283 Å². The highest BCUT2D eigenvalue weighted by Crippen LogP contribution is 2.17. The number of hydrogen-bond donors (Lipinski definition) is 0. The number of carbonyl (C=O) groups excluding carboxylic acids is 3. The molecule has 0 amide bonds. The maximum absolute atomic E-state index is 12.9. The first-order valence-corrected chi connectivity index (χ1v) is 29.7. The first-order chi connectivity index (χ1) is 32.5. The van der Waals surface area contributed by atoms with Crippen molar-refractivity contribution in [2.24, 2.45) is 0 Å². The zero-order chi connectivity index (χ0) is 47.9. The van der Waals surface area contributed by atoms with Crippen LogP contribution in [0.4, 0.5) is 0 Å². The van der Waals surface area contributed by atoms with E-state index in [0.29, 0.717) is 19.3 Å². The Balaban J connectivity index is 4.26. The molecule has 0 aromatic carbocycles. The number of unbranched alkanes of at least 4 members (excludes halogenated alkanes) is 42. The van der Waals surface area contributed by atoms with Crippen molar-refractivity contribution in [3.63, 3.8) is 0 Å². The Morgan fingerprint density at radius 1 is 0.288 bits per heavy atom. The van der Waals surface area contributed by atoms with Gasteiger partial charge in [0.2, 0.25) is 0 Å². The predicted molar refractivity (Wildman–Crippen MR) is 284 cm³/mol. The monoisotopic (exact) mass is 931 g/mol. The maximum atomic E-state index is 12.9. The summed E-state index contributed by atoms with van der Waals surface area (Å²) >= 11 is 0. The summed E-state index contributed by atoms with van der Waals surface area (Å²) in [6.45, 7) is 6.69. The van der Waals surface area contributed by atoms with Crippen LogP contribution in [0.1, 0.15) is 335 Å². The first kappa shape index (κ1) is 64.2. The lowest BCUT2D eigenvalue weighted by molar-refractivity contribution is -0.167. The van der Waals surface area contributed by atoms with Crippen molar-refractivity contribution in [3.05, 3.63) is 12.2 Å². The van der Waals surface area contributed by atoms with Gasteiger partial charge >= 0.3 is 17.9 Å². The third kappa shape index (κ3) is 53.1. The molecule has 0 spiro atoms. The summed E-state index contributed by atoms with van der Waals surface area (Å²) in [5.41, 5.74) is 0. The average Bonchev–Trinajstić information content (AvgIpc) is 3.31. The number of hydrogen-bond acceptors (Lipinski definition) is 6. The van der Waals surface area contributed by atoms with Crippen LogP contribution in [0.2, 0.25) is 0 Å². The van der Waals surface area contributed by atoms with E-state index in [9.17, 15) is 14.4 Å². The zero-order valence-corrected chi connectivity index (χ0v) is 44.7. The molecule has 0 unspecified atom stereocenters. The summed E-state index contributed by atoms with van der Waals surface area (Å²) in [6.07, 6.45) is 63.5. The van der Waals surface area contributed by atoms with Crippen molar-refractivity contribution < 1.29 is 28.6 Å². The second-order valence-corrected chi connectivity index (χ2v) is 20.3. The van der Waals surface area contributed by atoms with Gasteiger partial charge in [-0.2, -0.15) is 0 Å². The maximum Gasteiger partial charge on any atom is 0.306 e. The minimum atomic E-state index is -0.764. The molecule has 0 saturated heterocycles. The van der Waals surface area contributed by atoms with Crippen molar-refractivity contribution in [1.82, 2.24) is 0 Å². The highest BCUT2D eigenvalue weighted by Gasteiger charge is 2.19. The molecule has 1 atom stereocenters. The zero-order valence-electron chi connectivity index (χ0n) is 44.7. The van der Waals surface area contributed by atoms with Gasteiger partial charge in [0.05, 0.1) is 0 Å². The minimum absolute atomic E-state index is 0.0639. The Kier molecular flexibility index (Phi) is 54.2. The average molecular weight is 932 g/mol. The molecule has 0 bridgehead atoms. The molecule has 0 N–H and O–H groups in total. The molecule has 0 fully saturated rings. The van der Waals surface area contributed by atoms with Gasteiger partial charge in [-0.15, -0.1) is 0 Å². The fourth-order valence-electron chi connectivity index (χ4n) is 9.03. The van der Waals surface area contributed by atoms with E-state index in [0.717, 1.165) is 57.8 Å². The highest BCUT2D eigenvalue weighted by molar-refractivity contribution is 5.71. The van der Waals surface area contributed by atoms with Gasteiger partial charge < -0.3 is 14.2 Å². The molecule has 0 aromatic rings. The fraction of sp³-hybridized carbons (Fsp3) is 0.917. The van der Waals surface area contributed by atoms with Crippen molar-refractivity contribution in [3.8, 4) is 0 Å². The number of rotatable bonds is 55. The van der Waals surface area contributed by atoms with E-state index < -0.39 is 6.10 Å². The van der Waals surface area contributed by atoms with E-state index in [1.54, 1.807) is 0 Å². The molecule has 0 aliphatic rings. The van der Waals surface area contributed by atoms with Gasteiger partial charge in [-0.05, 0) is 44.9 Å². The molecule has 390 valence electrons. The van der Waals surface area contributed by atoms with Crippen LogP contribution in [-0.4, -0.2) is 37.2 Å². The SMILES string of the molecule is CCCCCCCC/C=C\CCCCCCCCCCCCCC(=O)O[C@@H](COC(=O)CCCCCCCCCCCCCC)COC(=O)CCCCCCCCCCCCCCCCC. The quantitative estimate of drug-likeness (QED) is 0.0262. The first-order valence-electron chi connectivity index (χ1n) is 29.7. The Bertz CT molecular complexity index is 1020. The van der Waals surface area contributed by atoms with Crippen molar-refractivity contribution in [2.45, 2.75) is 341 Å². The van der Waals surface area contributed by atoms with Crippen molar-refractivity contribution in [2.75, 3.05) is 13.2 Å². The van der Waals surface area contributed by atoms with Gasteiger partial charge in [0, 0.05) is 19.3 Å². The molecule has 0 aliphatic carbocycles. The van der Waals surface area contributed by atoms with Crippen LogP contribution in [0.15, 0.2) is 12.2 Å². The molecule has 0 aliphatic heterocycles. The predicted octanol–water partition coefficient (Wildman–Crippen LogP) is 19.7. The lowest BCUT2D eigenvalue weighted by atomic mass is 10.0. The number of ether oxygens (including phenoxy) is 3. The van der Waals surface area contributed by atoms with Gasteiger partial charge in [0.1, 0.15) is 13.2 Å². The van der Waals surface area contributed by atoms with E-state index in [-0.39, 0.29) is 31.1 Å². The van der Waals surface area contributed by atoms with Crippen LogP contribution < -0.4 is 0 Å². The molecule has 6 heteroatoms. The molecular formula is C60H114O6. The Morgan fingerprint density at radius 3 is 0.758 bits per heavy atom. The summed E-state index contributed by atoms with van der Waals surface area (Å²) in [5, 5.41) is 0. The van der Waals surface area contributed by atoms with E-state index in [2.05, 4.69) is 32.9 Å². The topological polar surface area (TPSA) is 78.9 Å². The van der Waals surface area contributed by atoms with E-state index in [1.165, 1.54) is 238 Å². The van der Waals surface area contributed by atoms with Gasteiger partial charge in [-0.25, -0.2) is 0 Å². The molecule has 0 saturated carbocycles. The molecule has 66 heavy (non-hydrogen) atoms. The summed E-state index contributed by atoms with van der Waals surface area (Å²) in [6, 6.07) is 0. The lowest BCUT2D eigenvalue weighted by Crippen LogP contribution is -2.30. The van der Waals surface area contributed by atoms with Gasteiger partial charge in [0.15, 0.2) is 6.10 Å². The summed E-state index contributed by atoms with van der Waals surface area (Å²) in [5.74, 6) is -0.840. The van der Waals surface area contributed by atoms with E-state index in [1.807, 2.05) is 0 Å². The third-order valence-corrected chi connectivity index (χ3v) is 13.5. The van der Waals surface area contributed by atoms with Gasteiger partial charge in [-0.3, -0.25) is 14.4 Å². The van der Waals surface area contributed by atoms with E-state index in [4.69, 9.17) is 14.2 Å². The van der Waals surface area contributed by atoms with Gasteiger partial charge in [0.25, 0.3) is 0 Å². The number of esters is 3. The van der Waals surface area contributed by atoms with E-state index >= 15 is 0 Å². The second kappa shape index (κ2) is 55.7. The third-order valence-electron chi connectivity index (χ3n) is 13.5. The largest absolute Gasteiger partial charge is 0.462 e. The van der Waals surface area contributed by atoms with Crippen molar-refractivity contribution >= 4 is 17.9 Å². The molecule has 0 heterocycles. The molecule has 0 radical (unpaired) electrons. The molecule has 0 rings (SSSR count). The van der Waals surface area contributed by atoms with Crippen LogP contribution in [0.5, 0.6) is 0 Å². The standard InChI is InChI=1S/C60H114O6/c1-4-7-10-13-16-19-22-25-27-28-29-30-31-32-34-36-39-42-45-48-51-54-60(63)66-57(55-64-58(61)52-49-46-43-40-37-24-21-18-15-12-9-6-3)56-65-59(62)53-50-47-44-41-38-35-33-26-23-20-17-14-11-8-5-2/h25,27,57H,4-24,26,28-56H2,1-3H3/b27-25-/t57-/m0/s1. The summed E-state index contributed by atoms with van der Waals surface area (Å²) in [4.78, 5) is 38.1. The molecular weight excluding hydrogens is 817 g/mol. The second-order valence-electron chi connectivity index (χ2n) is 20.3. The normalized spacial score (nSPS) is 12.0. The smallest absolute Gasteiger partial charge is 0.306 e. The van der Waals surface area contributed by atoms with Crippen LogP contribution in [0.25, 0.3) is 0 Å². The van der Waals surface area contributed by atoms with Crippen LogP contribution in [-0.2, 0) is 28.6 Å². The number of allylic oxidation sites excluding steroid dienone is 2. The lowest BCUT2D eigenvalue weighted by Gasteiger charge is -2.18. The molecule has 0 aromatic heterocycles. The summed E-state index contributed by atoms with van der Waals surface area (Å²) < 4.78 is 16.9. The van der Waals surface area contributed by atoms with Crippen LogP contribution in [0, 0.1) is 0 Å². The number of carbonyl (C=O) groups is 3.